The lowest BCUT2D eigenvalue weighted by atomic mass is 9.91. The Morgan fingerprint density at radius 2 is 2.09 bits per heavy atom. The van der Waals surface area contributed by atoms with E-state index in [0.29, 0.717) is 0 Å². The van der Waals surface area contributed by atoms with Crippen molar-refractivity contribution in [1.82, 2.24) is 0 Å². The van der Waals surface area contributed by atoms with Crippen LogP contribution >= 0.6 is 0 Å². The highest BCUT2D eigenvalue weighted by atomic mass is 16.5. The van der Waals surface area contributed by atoms with E-state index in [1.165, 1.54) is 0 Å². The van der Waals surface area contributed by atoms with Gasteiger partial charge in [-0.1, -0.05) is 12.8 Å². The number of carbonyl (C=O) groups is 1. The Morgan fingerprint density at radius 3 is 2.45 bits per heavy atom. The van der Waals surface area contributed by atoms with Crippen LogP contribution in [0.4, 0.5) is 0 Å². The minimum Gasteiger partial charge on any atom is -0.372 e. The van der Waals surface area contributed by atoms with Gasteiger partial charge in [0.2, 0.25) is 0 Å². The first kappa shape index (κ1) is 10.0. The fourth-order valence-electron chi connectivity index (χ4n) is 0.380. The summed E-state index contributed by atoms with van der Waals surface area (Å²) >= 11 is 0. The molecule has 0 N–H and O–H groups in total. The van der Waals surface area contributed by atoms with Crippen LogP contribution < -0.4 is 0 Å². The highest BCUT2D eigenvalue weighted by Gasteiger charge is 2.26. The maximum Gasteiger partial charge on any atom is 0.325 e. The van der Waals surface area contributed by atoms with Gasteiger partial charge in [-0.15, -0.1) is 0 Å². The zero-order chi connectivity index (χ0) is 8.91. The second-order valence-electron chi connectivity index (χ2n) is 2.98. The molecule has 0 aromatic rings. The first-order valence-corrected chi connectivity index (χ1v) is 3.67. The summed E-state index contributed by atoms with van der Waals surface area (Å²) in [5, 5.41) is 0. The van der Waals surface area contributed by atoms with Gasteiger partial charge in [-0.25, -0.2) is 0 Å². The van der Waals surface area contributed by atoms with Crippen LogP contribution in [0.2, 0.25) is 0 Å². The van der Waals surface area contributed by atoms with Crippen molar-refractivity contribution in [2.24, 2.45) is 5.41 Å². The van der Waals surface area contributed by atoms with Crippen molar-refractivity contribution < 1.29 is 9.53 Å². The number of rotatable bonds is 2. The van der Waals surface area contributed by atoms with E-state index in [2.05, 4.69) is 16.8 Å². The van der Waals surface area contributed by atoms with Crippen molar-refractivity contribution in [1.29, 1.82) is 0 Å². The third kappa shape index (κ3) is 3.08. The molecule has 0 spiro atoms. The van der Waals surface area contributed by atoms with Crippen molar-refractivity contribution in [3.05, 3.63) is 0 Å². The monoisotopic (exact) mass is 154 g/mol. The fourth-order valence-corrected chi connectivity index (χ4v) is 0.380. The number of hydrogen-bond donors (Lipinski definition) is 0. The standard InChI is InChI=1S/C9H14O2/c1-5-7-11-8(10)9(3,4)6-2/h6H2,1-4H3. The van der Waals surface area contributed by atoms with Crippen molar-refractivity contribution >= 4 is 5.97 Å². The predicted octanol–water partition coefficient (Wildman–Crippen LogP) is 1.95. The molecule has 0 aliphatic heterocycles. The van der Waals surface area contributed by atoms with Crippen LogP contribution in [0, 0.1) is 17.4 Å². The summed E-state index contributed by atoms with van der Waals surface area (Å²) in [6.45, 7) is 7.26. The molecule has 0 heterocycles. The van der Waals surface area contributed by atoms with Gasteiger partial charge in [0.05, 0.1) is 5.41 Å². The zero-order valence-electron chi connectivity index (χ0n) is 7.52. The summed E-state index contributed by atoms with van der Waals surface area (Å²) in [6, 6.07) is 0. The van der Waals surface area contributed by atoms with E-state index >= 15 is 0 Å². The van der Waals surface area contributed by atoms with Crippen molar-refractivity contribution in [2.45, 2.75) is 34.1 Å². The molecule has 62 valence electrons. The van der Waals surface area contributed by atoms with Gasteiger partial charge in [0.25, 0.3) is 0 Å². The molecular formula is C9H14O2. The van der Waals surface area contributed by atoms with Crippen molar-refractivity contribution in [2.75, 3.05) is 0 Å². The highest BCUT2D eigenvalue weighted by Crippen LogP contribution is 2.20. The summed E-state index contributed by atoms with van der Waals surface area (Å²) in [4.78, 5) is 11.1. The summed E-state index contributed by atoms with van der Waals surface area (Å²) in [6.07, 6.45) is 3.05. The number of ether oxygens (including phenoxy) is 1. The Bertz CT molecular complexity index is 193. The normalized spacial score (nSPS) is 9.82. The Kier molecular flexibility index (Phi) is 3.67. The van der Waals surface area contributed by atoms with E-state index in [1.807, 2.05) is 20.8 Å². The molecule has 0 fully saturated rings. The number of carbonyl (C=O) groups excluding carboxylic acids is 1. The molecule has 0 amide bonds. The molecule has 0 aromatic heterocycles. The van der Waals surface area contributed by atoms with Crippen LogP contribution in [-0.2, 0) is 9.53 Å². The predicted molar refractivity (Wildman–Crippen MR) is 43.6 cm³/mol. The van der Waals surface area contributed by atoms with E-state index in [4.69, 9.17) is 0 Å². The molecule has 0 radical (unpaired) electrons. The third-order valence-electron chi connectivity index (χ3n) is 1.68. The summed E-state index contributed by atoms with van der Waals surface area (Å²) < 4.78 is 4.65. The van der Waals surface area contributed by atoms with Gasteiger partial charge in [-0.2, -0.15) is 0 Å². The third-order valence-corrected chi connectivity index (χ3v) is 1.68. The topological polar surface area (TPSA) is 26.3 Å². The van der Waals surface area contributed by atoms with Gasteiger partial charge < -0.3 is 4.74 Å². The lowest BCUT2D eigenvalue weighted by Crippen LogP contribution is -2.24. The van der Waals surface area contributed by atoms with Crippen LogP contribution in [0.1, 0.15) is 34.1 Å². The fraction of sp³-hybridized carbons (Fsp3) is 0.667. The molecule has 0 bridgehead atoms. The van der Waals surface area contributed by atoms with Crippen LogP contribution in [0.3, 0.4) is 0 Å². The quantitative estimate of drug-likeness (QED) is 0.449. The Morgan fingerprint density at radius 1 is 1.55 bits per heavy atom. The molecule has 0 rings (SSSR count). The van der Waals surface area contributed by atoms with Gasteiger partial charge in [-0.05, 0) is 20.3 Å². The molecular weight excluding hydrogens is 140 g/mol. The maximum absolute atomic E-state index is 11.1. The molecule has 2 nitrogen and oxygen atoms in total. The maximum atomic E-state index is 11.1. The van der Waals surface area contributed by atoms with E-state index in [-0.39, 0.29) is 5.97 Å². The van der Waals surface area contributed by atoms with Crippen molar-refractivity contribution in [3.63, 3.8) is 0 Å². The lowest BCUT2D eigenvalue weighted by molar-refractivity contribution is -0.146. The van der Waals surface area contributed by atoms with Crippen LogP contribution in [0.15, 0.2) is 0 Å². The molecule has 0 aliphatic carbocycles. The average molecular weight is 154 g/mol. The Balaban J connectivity index is 4.09. The first-order valence-electron chi connectivity index (χ1n) is 3.67. The zero-order valence-corrected chi connectivity index (χ0v) is 7.52. The summed E-state index contributed by atoms with van der Waals surface area (Å²) in [5.41, 5.74) is -0.413. The van der Waals surface area contributed by atoms with Gasteiger partial charge in [-0.3, -0.25) is 4.79 Å². The highest BCUT2D eigenvalue weighted by molar-refractivity contribution is 5.76. The Labute approximate surface area is 67.9 Å². The molecule has 0 saturated carbocycles. The second kappa shape index (κ2) is 4.02. The smallest absolute Gasteiger partial charge is 0.325 e. The molecule has 0 saturated heterocycles. The SMILES string of the molecule is CC#COC(=O)C(C)(C)CC. The second-order valence-corrected chi connectivity index (χ2v) is 2.98. The molecule has 0 aliphatic rings. The van der Waals surface area contributed by atoms with Crippen LogP contribution in [0.5, 0.6) is 0 Å². The van der Waals surface area contributed by atoms with Gasteiger partial charge >= 0.3 is 5.97 Å². The van der Waals surface area contributed by atoms with E-state index in [1.54, 1.807) is 6.92 Å². The minimum absolute atomic E-state index is 0.255. The molecule has 0 unspecified atom stereocenters. The minimum atomic E-state index is -0.413. The molecule has 0 aromatic carbocycles. The number of esters is 1. The van der Waals surface area contributed by atoms with Gasteiger partial charge in [0, 0.05) is 6.92 Å². The Hall–Kier alpha value is -0.970. The van der Waals surface area contributed by atoms with E-state index in [9.17, 15) is 4.79 Å². The number of hydrogen-bond acceptors (Lipinski definition) is 2. The summed E-state index contributed by atoms with van der Waals surface area (Å²) in [7, 11) is 0. The van der Waals surface area contributed by atoms with Crippen molar-refractivity contribution in [3.8, 4) is 12.0 Å². The molecule has 2 heteroatoms. The largest absolute Gasteiger partial charge is 0.372 e. The van der Waals surface area contributed by atoms with E-state index in [0.717, 1.165) is 6.42 Å². The summed E-state index contributed by atoms with van der Waals surface area (Å²) in [5.74, 6) is 2.25. The first-order chi connectivity index (χ1) is 5.04. The van der Waals surface area contributed by atoms with Crippen LogP contribution in [0.25, 0.3) is 0 Å². The molecule has 11 heavy (non-hydrogen) atoms. The van der Waals surface area contributed by atoms with Gasteiger partial charge in [0.15, 0.2) is 0 Å². The van der Waals surface area contributed by atoms with E-state index < -0.39 is 5.41 Å². The van der Waals surface area contributed by atoms with Crippen LogP contribution in [-0.4, -0.2) is 5.97 Å². The lowest BCUT2D eigenvalue weighted by Gasteiger charge is -2.17. The molecule has 0 atom stereocenters. The van der Waals surface area contributed by atoms with Gasteiger partial charge in [0.1, 0.15) is 6.11 Å². The average Bonchev–Trinajstić information content (AvgIpc) is 2.00.